The Morgan fingerprint density at radius 2 is 2.05 bits per heavy atom. The van der Waals surface area contributed by atoms with Crippen molar-refractivity contribution in [1.29, 1.82) is 0 Å². The van der Waals surface area contributed by atoms with Gasteiger partial charge in [0.1, 0.15) is 10.0 Å². The summed E-state index contributed by atoms with van der Waals surface area (Å²) in [6, 6.07) is 5.09. The van der Waals surface area contributed by atoms with Crippen molar-refractivity contribution < 1.29 is 13.5 Å². The largest absolute Gasteiger partial charge is 0.392 e. The molecule has 0 amide bonds. The second-order valence-corrected chi connectivity index (χ2v) is 6.73. The minimum Gasteiger partial charge on any atom is -0.392 e. The fourth-order valence-corrected chi connectivity index (χ4v) is 3.92. The summed E-state index contributed by atoms with van der Waals surface area (Å²) in [6.07, 6.45) is 0. The van der Waals surface area contributed by atoms with Crippen LogP contribution in [0.3, 0.4) is 0 Å². The Labute approximate surface area is 128 Å². The van der Waals surface area contributed by atoms with Gasteiger partial charge in [0.05, 0.1) is 18.0 Å². The summed E-state index contributed by atoms with van der Waals surface area (Å²) in [6.45, 7) is 3.17. The number of hydrogen-bond donors (Lipinski definition) is 2. The van der Waals surface area contributed by atoms with Crippen LogP contribution in [0, 0.1) is 13.8 Å². The monoisotopic (exact) mass is 329 g/mol. The Morgan fingerprint density at radius 3 is 2.57 bits per heavy atom. The highest BCUT2D eigenvalue weighted by molar-refractivity contribution is 7.92. The van der Waals surface area contributed by atoms with Crippen molar-refractivity contribution in [2.24, 2.45) is 7.05 Å². The first kappa shape index (κ1) is 15.8. The molecule has 2 aromatic rings. The van der Waals surface area contributed by atoms with Gasteiger partial charge in [-0.3, -0.25) is 9.40 Å². The van der Waals surface area contributed by atoms with E-state index < -0.39 is 10.0 Å². The number of hydrogen-bond acceptors (Lipinski definition) is 4. The average molecular weight is 330 g/mol. The molecule has 0 atom stereocenters. The van der Waals surface area contributed by atoms with Crippen molar-refractivity contribution in [3.63, 3.8) is 0 Å². The molecule has 114 valence electrons. The summed E-state index contributed by atoms with van der Waals surface area (Å²) >= 11 is 6.00. The summed E-state index contributed by atoms with van der Waals surface area (Å²) in [5, 5.41) is 13.4. The maximum atomic E-state index is 12.5. The van der Waals surface area contributed by atoms with E-state index in [-0.39, 0.29) is 16.7 Å². The normalized spacial score (nSPS) is 11.7. The minimum atomic E-state index is -3.88. The number of benzene rings is 1. The van der Waals surface area contributed by atoms with Gasteiger partial charge in [0, 0.05) is 12.6 Å². The first-order chi connectivity index (χ1) is 9.76. The maximum Gasteiger partial charge on any atom is 0.266 e. The van der Waals surface area contributed by atoms with E-state index in [4.69, 9.17) is 11.6 Å². The van der Waals surface area contributed by atoms with Crippen LogP contribution in [0.2, 0.25) is 5.15 Å². The third-order valence-corrected chi connectivity index (χ3v) is 5.10. The van der Waals surface area contributed by atoms with E-state index in [9.17, 15) is 13.5 Å². The molecule has 0 aliphatic rings. The van der Waals surface area contributed by atoms with E-state index in [1.54, 1.807) is 32.2 Å². The quantitative estimate of drug-likeness (QED) is 0.898. The molecule has 21 heavy (non-hydrogen) atoms. The highest BCUT2D eigenvalue weighted by atomic mass is 35.5. The molecule has 0 saturated heterocycles. The predicted molar refractivity (Wildman–Crippen MR) is 80.9 cm³/mol. The van der Waals surface area contributed by atoms with Crippen molar-refractivity contribution in [3.8, 4) is 0 Å². The molecular weight excluding hydrogens is 314 g/mol. The molecule has 0 fully saturated rings. The molecule has 1 aromatic heterocycles. The van der Waals surface area contributed by atoms with E-state index >= 15 is 0 Å². The fraction of sp³-hybridized carbons (Fsp3) is 0.308. The van der Waals surface area contributed by atoms with E-state index in [0.717, 1.165) is 5.56 Å². The lowest BCUT2D eigenvalue weighted by Gasteiger charge is -2.12. The lowest BCUT2D eigenvalue weighted by molar-refractivity contribution is 0.282. The third-order valence-electron chi connectivity index (χ3n) is 3.04. The minimum absolute atomic E-state index is 0.0395. The molecule has 2 N–H and O–H groups in total. The van der Waals surface area contributed by atoms with E-state index in [1.807, 2.05) is 6.92 Å². The van der Waals surface area contributed by atoms with Crippen LogP contribution in [0.25, 0.3) is 0 Å². The van der Waals surface area contributed by atoms with Crippen molar-refractivity contribution in [2.75, 3.05) is 4.72 Å². The molecule has 2 rings (SSSR count). The van der Waals surface area contributed by atoms with Gasteiger partial charge in [-0.15, -0.1) is 0 Å². The molecule has 6 nitrogen and oxygen atoms in total. The Morgan fingerprint density at radius 1 is 1.38 bits per heavy atom. The first-order valence-corrected chi connectivity index (χ1v) is 8.04. The molecular formula is C13H16ClN3O3S. The maximum absolute atomic E-state index is 12.5. The average Bonchev–Trinajstić information content (AvgIpc) is 2.65. The van der Waals surface area contributed by atoms with Crippen LogP contribution >= 0.6 is 11.6 Å². The SMILES string of the molecule is Cc1ccc(NS(=O)(=O)c2c(C)nn(C)c2Cl)c(CO)c1. The Balaban J connectivity index is 2.47. The summed E-state index contributed by atoms with van der Waals surface area (Å²) in [7, 11) is -2.31. The number of aryl methyl sites for hydroxylation is 3. The summed E-state index contributed by atoms with van der Waals surface area (Å²) in [4.78, 5) is -0.0591. The van der Waals surface area contributed by atoms with Crippen molar-refractivity contribution >= 4 is 27.3 Å². The number of nitrogens with one attached hydrogen (secondary N) is 1. The zero-order valence-electron chi connectivity index (χ0n) is 11.9. The standard InChI is InChI=1S/C13H16ClN3O3S/c1-8-4-5-11(10(6-8)7-18)16-21(19,20)12-9(2)15-17(3)13(12)14/h4-6,16,18H,7H2,1-3H3. The number of rotatable bonds is 4. The molecule has 0 aliphatic heterocycles. The highest BCUT2D eigenvalue weighted by Crippen LogP contribution is 2.27. The van der Waals surface area contributed by atoms with Crippen LogP contribution in [0.1, 0.15) is 16.8 Å². The van der Waals surface area contributed by atoms with Gasteiger partial charge in [0.2, 0.25) is 0 Å². The van der Waals surface area contributed by atoms with Crippen molar-refractivity contribution in [2.45, 2.75) is 25.3 Å². The Hall–Kier alpha value is -1.57. The van der Waals surface area contributed by atoms with Crippen molar-refractivity contribution in [3.05, 3.63) is 40.2 Å². The van der Waals surface area contributed by atoms with Crippen molar-refractivity contribution in [1.82, 2.24) is 9.78 Å². The lowest BCUT2D eigenvalue weighted by Crippen LogP contribution is -2.15. The van der Waals surface area contributed by atoms with Gasteiger partial charge in [-0.2, -0.15) is 5.10 Å². The molecule has 1 aromatic carbocycles. The zero-order chi connectivity index (χ0) is 15.8. The number of aliphatic hydroxyl groups excluding tert-OH is 1. The van der Waals surface area contributed by atoms with Gasteiger partial charge in [0.15, 0.2) is 0 Å². The smallest absolute Gasteiger partial charge is 0.266 e. The number of halogens is 1. The Bertz CT molecular complexity index is 784. The molecule has 0 spiro atoms. The number of sulfonamides is 1. The summed E-state index contributed by atoms with van der Waals surface area (Å²) in [5.41, 5.74) is 2.06. The molecule has 0 bridgehead atoms. The summed E-state index contributed by atoms with van der Waals surface area (Å²) < 4.78 is 28.7. The van der Waals surface area contributed by atoms with E-state index in [0.29, 0.717) is 16.9 Å². The Kier molecular flexibility index (Phi) is 4.27. The molecule has 0 saturated carbocycles. The molecule has 0 unspecified atom stereocenters. The van der Waals surface area contributed by atoms with Crippen LogP contribution in [0.15, 0.2) is 23.1 Å². The number of aromatic nitrogens is 2. The van der Waals surface area contributed by atoms with Gasteiger partial charge in [-0.25, -0.2) is 8.42 Å². The van der Waals surface area contributed by atoms with Crippen LogP contribution in [0.5, 0.6) is 0 Å². The number of aliphatic hydroxyl groups is 1. The van der Waals surface area contributed by atoms with Crippen LogP contribution in [-0.4, -0.2) is 23.3 Å². The topological polar surface area (TPSA) is 84.2 Å². The van der Waals surface area contributed by atoms with Gasteiger partial charge in [-0.1, -0.05) is 29.3 Å². The van der Waals surface area contributed by atoms with Crippen LogP contribution in [-0.2, 0) is 23.7 Å². The molecule has 0 radical (unpaired) electrons. The molecule has 8 heteroatoms. The molecule has 0 aliphatic carbocycles. The fourth-order valence-electron chi connectivity index (χ4n) is 2.06. The molecule has 1 heterocycles. The zero-order valence-corrected chi connectivity index (χ0v) is 13.5. The number of nitrogens with zero attached hydrogens (tertiary/aromatic N) is 2. The highest BCUT2D eigenvalue weighted by Gasteiger charge is 2.25. The van der Waals surface area contributed by atoms with Gasteiger partial charge in [0.25, 0.3) is 10.0 Å². The predicted octanol–water partition coefficient (Wildman–Crippen LogP) is 1.98. The summed E-state index contributed by atoms with van der Waals surface area (Å²) in [5.74, 6) is 0. The van der Waals surface area contributed by atoms with E-state index in [1.165, 1.54) is 4.68 Å². The van der Waals surface area contributed by atoms with Crippen LogP contribution < -0.4 is 4.72 Å². The lowest BCUT2D eigenvalue weighted by atomic mass is 10.1. The second kappa shape index (κ2) is 5.67. The second-order valence-electron chi connectivity index (χ2n) is 4.75. The van der Waals surface area contributed by atoms with Gasteiger partial charge < -0.3 is 5.11 Å². The van der Waals surface area contributed by atoms with Gasteiger partial charge in [-0.05, 0) is 19.9 Å². The van der Waals surface area contributed by atoms with Gasteiger partial charge >= 0.3 is 0 Å². The first-order valence-electron chi connectivity index (χ1n) is 6.18. The van der Waals surface area contributed by atoms with E-state index in [2.05, 4.69) is 9.82 Å². The van der Waals surface area contributed by atoms with Crippen LogP contribution in [0.4, 0.5) is 5.69 Å². The number of anilines is 1. The third kappa shape index (κ3) is 3.04.